The first kappa shape index (κ1) is 11.2. The maximum absolute atomic E-state index is 11.7. The van der Waals surface area contributed by atoms with E-state index in [1.807, 2.05) is 4.90 Å². The fourth-order valence-corrected chi connectivity index (χ4v) is 1.88. The highest BCUT2D eigenvalue weighted by molar-refractivity contribution is 5.80. The standard InChI is InChI=1S/C11H20N4O/c12-11(14-9-3-4-9)13-6-5-10(16)15-7-1-2-8-15/h9H,1-8H2,(H3,12,13,14). The molecule has 5 nitrogen and oxygen atoms in total. The number of likely N-dealkylation sites (tertiary alicyclic amines) is 1. The number of guanidine groups is 1. The number of hydrogen-bond donors (Lipinski definition) is 2. The van der Waals surface area contributed by atoms with E-state index in [2.05, 4.69) is 10.3 Å². The van der Waals surface area contributed by atoms with Gasteiger partial charge in [-0.1, -0.05) is 0 Å². The Morgan fingerprint density at radius 1 is 1.38 bits per heavy atom. The predicted molar refractivity (Wildman–Crippen MR) is 63.1 cm³/mol. The highest BCUT2D eigenvalue weighted by Gasteiger charge is 2.21. The Labute approximate surface area is 96.1 Å². The van der Waals surface area contributed by atoms with Crippen LogP contribution in [-0.4, -0.2) is 42.4 Å². The van der Waals surface area contributed by atoms with Crippen LogP contribution in [0.25, 0.3) is 0 Å². The number of nitrogens with two attached hydrogens (primary N) is 1. The largest absolute Gasteiger partial charge is 0.370 e. The summed E-state index contributed by atoms with van der Waals surface area (Å²) in [6.45, 7) is 2.33. The lowest BCUT2D eigenvalue weighted by atomic mass is 10.4. The summed E-state index contributed by atoms with van der Waals surface area (Å²) in [6, 6.07) is 0.526. The molecule has 0 aromatic carbocycles. The number of aliphatic imine (C=N–C) groups is 1. The molecule has 1 aliphatic heterocycles. The fourth-order valence-electron chi connectivity index (χ4n) is 1.88. The van der Waals surface area contributed by atoms with Gasteiger partial charge in [0.05, 0.1) is 6.54 Å². The van der Waals surface area contributed by atoms with E-state index in [9.17, 15) is 4.79 Å². The Balaban J connectivity index is 1.63. The fraction of sp³-hybridized carbons (Fsp3) is 0.818. The number of hydrogen-bond acceptors (Lipinski definition) is 2. The second-order valence-electron chi connectivity index (χ2n) is 4.52. The monoisotopic (exact) mass is 224 g/mol. The third kappa shape index (κ3) is 3.40. The van der Waals surface area contributed by atoms with Gasteiger partial charge in [-0.05, 0) is 25.7 Å². The first-order valence-corrected chi connectivity index (χ1v) is 6.10. The first-order chi connectivity index (χ1) is 7.75. The van der Waals surface area contributed by atoms with Crippen molar-refractivity contribution in [3.63, 3.8) is 0 Å². The van der Waals surface area contributed by atoms with E-state index in [4.69, 9.17) is 5.73 Å². The average molecular weight is 224 g/mol. The molecule has 1 aliphatic carbocycles. The van der Waals surface area contributed by atoms with Gasteiger partial charge in [0.1, 0.15) is 0 Å². The van der Waals surface area contributed by atoms with E-state index in [0.717, 1.165) is 25.9 Å². The van der Waals surface area contributed by atoms with Crippen molar-refractivity contribution < 1.29 is 4.79 Å². The Morgan fingerprint density at radius 3 is 2.69 bits per heavy atom. The van der Waals surface area contributed by atoms with Gasteiger partial charge in [-0.25, -0.2) is 0 Å². The summed E-state index contributed by atoms with van der Waals surface area (Å²) in [4.78, 5) is 17.7. The molecule has 2 fully saturated rings. The highest BCUT2D eigenvalue weighted by Crippen LogP contribution is 2.17. The van der Waals surface area contributed by atoms with Crippen LogP contribution < -0.4 is 11.1 Å². The quantitative estimate of drug-likeness (QED) is 0.524. The molecule has 2 rings (SSSR count). The van der Waals surface area contributed by atoms with Gasteiger partial charge in [-0.3, -0.25) is 9.79 Å². The molecule has 0 spiro atoms. The second-order valence-corrected chi connectivity index (χ2v) is 4.52. The zero-order chi connectivity index (χ0) is 11.4. The normalized spacial score (nSPS) is 21.2. The molecule has 1 saturated heterocycles. The van der Waals surface area contributed by atoms with Crippen molar-refractivity contribution in [3.05, 3.63) is 0 Å². The van der Waals surface area contributed by atoms with E-state index < -0.39 is 0 Å². The molecule has 1 heterocycles. The molecular formula is C11H20N4O. The number of nitrogens with zero attached hydrogens (tertiary/aromatic N) is 2. The van der Waals surface area contributed by atoms with Crippen LogP contribution in [0.2, 0.25) is 0 Å². The molecule has 0 bridgehead atoms. The van der Waals surface area contributed by atoms with Gasteiger partial charge in [0.15, 0.2) is 5.96 Å². The lowest BCUT2D eigenvalue weighted by Gasteiger charge is -2.14. The van der Waals surface area contributed by atoms with Gasteiger partial charge < -0.3 is 16.0 Å². The topological polar surface area (TPSA) is 70.7 Å². The van der Waals surface area contributed by atoms with Gasteiger partial charge in [-0.15, -0.1) is 0 Å². The maximum atomic E-state index is 11.7. The summed E-state index contributed by atoms with van der Waals surface area (Å²) in [7, 11) is 0. The predicted octanol–water partition coefficient (Wildman–Crippen LogP) is 0.0656. The van der Waals surface area contributed by atoms with Crippen LogP contribution in [0.4, 0.5) is 0 Å². The summed E-state index contributed by atoms with van der Waals surface area (Å²) in [5.41, 5.74) is 5.67. The summed E-state index contributed by atoms with van der Waals surface area (Å²) in [6.07, 6.45) is 5.12. The third-order valence-electron chi connectivity index (χ3n) is 3.00. The van der Waals surface area contributed by atoms with Crippen LogP contribution >= 0.6 is 0 Å². The highest BCUT2D eigenvalue weighted by atomic mass is 16.2. The number of amides is 1. The average Bonchev–Trinajstić information content (AvgIpc) is 2.90. The summed E-state index contributed by atoms with van der Waals surface area (Å²) in [5, 5.41) is 3.10. The van der Waals surface area contributed by atoms with E-state index in [1.54, 1.807) is 0 Å². The third-order valence-corrected chi connectivity index (χ3v) is 3.00. The zero-order valence-electron chi connectivity index (χ0n) is 9.61. The summed E-state index contributed by atoms with van der Waals surface area (Å²) < 4.78 is 0. The molecule has 1 amide bonds. The molecule has 0 aromatic heterocycles. The van der Waals surface area contributed by atoms with E-state index in [-0.39, 0.29) is 5.91 Å². The number of nitrogens with one attached hydrogen (secondary N) is 1. The van der Waals surface area contributed by atoms with Gasteiger partial charge in [0.2, 0.25) is 5.91 Å². The van der Waals surface area contributed by atoms with Crippen molar-refractivity contribution in [1.29, 1.82) is 0 Å². The lowest BCUT2D eigenvalue weighted by Crippen LogP contribution is -2.34. The van der Waals surface area contributed by atoms with Crippen molar-refractivity contribution in [1.82, 2.24) is 10.2 Å². The maximum Gasteiger partial charge on any atom is 0.224 e. The second kappa shape index (κ2) is 5.18. The molecule has 16 heavy (non-hydrogen) atoms. The van der Waals surface area contributed by atoms with Gasteiger partial charge in [0.25, 0.3) is 0 Å². The van der Waals surface area contributed by atoms with Crippen molar-refractivity contribution >= 4 is 11.9 Å². The van der Waals surface area contributed by atoms with Crippen molar-refractivity contribution in [2.75, 3.05) is 19.6 Å². The number of rotatable bonds is 4. The molecule has 3 N–H and O–H groups in total. The molecule has 90 valence electrons. The smallest absolute Gasteiger partial charge is 0.224 e. The Morgan fingerprint density at radius 2 is 2.06 bits per heavy atom. The van der Waals surface area contributed by atoms with Gasteiger partial charge in [0, 0.05) is 25.6 Å². The molecule has 0 atom stereocenters. The van der Waals surface area contributed by atoms with Crippen LogP contribution in [0.3, 0.4) is 0 Å². The SMILES string of the molecule is NC(=NCCC(=O)N1CCCC1)NC1CC1. The van der Waals surface area contributed by atoms with Crippen molar-refractivity contribution in [3.8, 4) is 0 Å². The zero-order valence-corrected chi connectivity index (χ0v) is 9.61. The Bertz CT molecular complexity index is 280. The van der Waals surface area contributed by atoms with Crippen LogP contribution in [-0.2, 0) is 4.79 Å². The molecule has 5 heteroatoms. The van der Waals surface area contributed by atoms with E-state index in [0.29, 0.717) is 25.0 Å². The summed E-state index contributed by atoms with van der Waals surface area (Å²) >= 11 is 0. The lowest BCUT2D eigenvalue weighted by molar-refractivity contribution is -0.129. The summed E-state index contributed by atoms with van der Waals surface area (Å²) in [5.74, 6) is 0.692. The molecule has 0 aromatic rings. The van der Waals surface area contributed by atoms with E-state index >= 15 is 0 Å². The number of carbonyl (C=O) groups excluding carboxylic acids is 1. The van der Waals surface area contributed by atoms with Gasteiger partial charge >= 0.3 is 0 Å². The Hall–Kier alpha value is -1.26. The molecule has 0 unspecified atom stereocenters. The van der Waals surface area contributed by atoms with Crippen LogP contribution in [0.15, 0.2) is 4.99 Å². The minimum atomic E-state index is 0.209. The first-order valence-electron chi connectivity index (χ1n) is 6.10. The van der Waals surface area contributed by atoms with Crippen molar-refractivity contribution in [2.24, 2.45) is 10.7 Å². The minimum absolute atomic E-state index is 0.209. The molecular weight excluding hydrogens is 204 g/mol. The van der Waals surface area contributed by atoms with Crippen molar-refractivity contribution in [2.45, 2.75) is 38.1 Å². The van der Waals surface area contributed by atoms with Crippen LogP contribution in [0.5, 0.6) is 0 Å². The van der Waals surface area contributed by atoms with Crippen LogP contribution in [0, 0.1) is 0 Å². The molecule has 2 aliphatic rings. The molecule has 1 saturated carbocycles. The molecule has 0 radical (unpaired) electrons. The minimum Gasteiger partial charge on any atom is -0.370 e. The Kier molecular flexibility index (Phi) is 3.64. The van der Waals surface area contributed by atoms with Crippen LogP contribution in [0.1, 0.15) is 32.1 Å². The number of carbonyl (C=O) groups is 1. The van der Waals surface area contributed by atoms with E-state index in [1.165, 1.54) is 12.8 Å². The van der Waals surface area contributed by atoms with Gasteiger partial charge in [-0.2, -0.15) is 0 Å².